The molecule has 1 amide bonds. The van der Waals surface area contributed by atoms with Gasteiger partial charge in [0.15, 0.2) is 0 Å². The fourth-order valence-electron chi connectivity index (χ4n) is 4.57. The summed E-state index contributed by atoms with van der Waals surface area (Å²) in [7, 11) is 0. The van der Waals surface area contributed by atoms with Crippen LogP contribution in [0, 0.1) is 5.82 Å². The molecule has 4 nitrogen and oxygen atoms in total. The van der Waals surface area contributed by atoms with Crippen LogP contribution in [0.25, 0.3) is 0 Å². The van der Waals surface area contributed by atoms with Crippen LogP contribution < -0.4 is 4.90 Å². The third-order valence-electron chi connectivity index (χ3n) is 6.65. The third-order valence-corrected chi connectivity index (χ3v) is 6.65. The lowest BCUT2D eigenvalue weighted by molar-refractivity contribution is -0.143. The highest BCUT2D eigenvalue weighted by atomic mass is 19.4. The Labute approximate surface area is 226 Å². The smallest absolute Gasteiger partial charge is 0.368 e. The average molecular weight is 567 g/mol. The summed E-state index contributed by atoms with van der Waals surface area (Å²) in [4.78, 5) is 28.9. The van der Waals surface area contributed by atoms with Crippen LogP contribution in [-0.2, 0) is 41.2 Å². The molecule has 0 atom stereocenters. The van der Waals surface area contributed by atoms with Gasteiger partial charge in [-0.3, -0.25) is 9.59 Å². The van der Waals surface area contributed by atoms with Crippen molar-refractivity contribution in [3.8, 4) is 0 Å². The van der Waals surface area contributed by atoms with Gasteiger partial charge in [-0.15, -0.1) is 0 Å². The summed E-state index contributed by atoms with van der Waals surface area (Å²) in [5.74, 6) is -0.938. The summed E-state index contributed by atoms with van der Waals surface area (Å²) in [5.41, 5.74) is -1.10. The maximum Gasteiger partial charge on any atom is 0.416 e. The highest BCUT2D eigenvalue weighted by molar-refractivity contribution is 5.83. The van der Waals surface area contributed by atoms with Crippen LogP contribution in [0.4, 0.5) is 36.4 Å². The molecule has 3 aromatic carbocycles. The number of carbonyl (C=O) groups excluding carboxylic acids is 2. The Bertz CT molecular complexity index is 1310. The first-order chi connectivity index (χ1) is 18.8. The third kappa shape index (κ3) is 7.61. The number of amides is 1. The zero-order valence-electron chi connectivity index (χ0n) is 21.2. The molecule has 1 fully saturated rings. The minimum absolute atomic E-state index is 0.0357. The van der Waals surface area contributed by atoms with Gasteiger partial charge in [-0.25, -0.2) is 4.39 Å². The van der Waals surface area contributed by atoms with Gasteiger partial charge in [0.2, 0.25) is 5.91 Å². The van der Waals surface area contributed by atoms with E-state index < -0.39 is 35.7 Å². The maximum atomic E-state index is 13.1. The Kier molecular flexibility index (Phi) is 8.51. The second-order valence-electron chi connectivity index (χ2n) is 9.64. The summed E-state index contributed by atoms with van der Waals surface area (Å²) in [6, 6.07) is 13.9. The molecule has 3 aromatic rings. The number of benzene rings is 3. The summed E-state index contributed by atoms with van der Waals surface area (Å²) in [5, 5.41) is 0. The van der Waals surface area contributed by atoms with E-state index in [1.807, 2.05) is 0 Å². The molecule has 0 aliphatic carbocycles. The van der Waals surface area contributed by atoms with Crippen LogP contribution in [0.3, 0.4) is 0 Å². The first kappa shape index (κ1) is 29.1. The predicted molar refractivity (Wildman–Crippen MR) is 134 cm³/mol. The summed E-state index contributed by atoms with van der Waals surface area (Å²) in [6.45, 7) is 2.14. The average Bonchev–Trinajstić information content (AvgIpc) is 2.89. The van der Waals surface area contributed by atoms with Gasteiger partial charge in [0.1, 0.15) is 11.6 Å². The van der Waals surface area contributed by atoms with Crippen LogP contribution in [0.5, 0.6) is 0 Å². The molecule has 212 valence electrons. The first-order valence-corrected chi connectivity index (χ1v) is 12.4. The summed E-state index contributed by atoms with van der Waals surface area (Å²) < 4.78 is 91.6. The van der Waals surface area contributed by atoms with Gasteiger partial charge in [0, 0.05) is 44.7 Å². The van der Waals surface area contributed by atoms with E-state index in [0.717, 1.165) is 11.3 Å². The summed E-state index contributed by atoms with van der Waals surface area (Å²) >= 11 is 0. The molecule has 0 N–H and O–H groups in total. The molecular formula is C29H25F7N2O2. The van der Waals surface area contributed by atoms with Crippen LogP contribution in [0.1, 0.15) is 27.8 Å². The van der Waals surface area contributed by atoms with Gasteiger partial charge in [-0.2, -0.15) is 26.3 Å². The van der Waals surface area contributed by atoms with Gasteiger partial charge in [-0.05, 0) is 59.2 Å². The zero-order valence-corrected chi connectivity index (χ0v) is 21.2. The number of carbonyl (C=O) groups is 2. The fourth-order valence-corrected chi connectivity index (χ4v) is 4.57. The highest BCUT2D eigenvalue weighted by Gasteiger charge is 2.37. The van der Waals surface area contributed by atoms with Gasteiger partial charge < -0.3 is 9.80 Å². The second-order valence-corrected chi connectivity index (χ2v) is 9.64. The van der Waals surface area contributed by atoms with Gasteiger partial charge in [-0.1, -0.05) is 24.3 Å². The van der Waals surface area contributed by atoms with Gasteiger partial charge in [0.25, 0.3) is 0 Å². The van der Waals surface area contributed by atoms with Gasteiger partial charge >= 0.3 is 12.4 Å². The second kappa shape index (κ2) is 11.7. The SMILES string of the molecule is O=C(Cc1ccc(N2CCN(C(=O)Cc3ccc(F)cc3)CC2)cc1)Cc1cc(C(F)(F)F)cc(C(F)(F)F)c1. The van der Waals surface area contributed by atoms with Crippen molar-refractivity contribution >= 4 is 17.4 Å². The Morgan fingerprint density at radius 1 is 0.625 bits per heavy atom. The van der Waals surface area contributed by atoms with Crippen LogP contribution >= 0.6 is 0 Å². The minimum Gasteiger partial charge on any atom is -0.368 e. The molecule has 0 saturated carbocycles. The molecule has 11 heteroatoms. The van der Waals surface area contributed by atoms with E-state index in [-0.39, 0.29) is 36.2 Å². The minimum atomic E-state index is -4.98. The van der Waals surface area contributed by atoms with Crippen molar-refractivity contribution in [2.75, 3.05) is 31.1 Å². The van der Waals surface area contributed by atoms with E-state index in [2.05, 4.69) is 4.90 Å². The molecule has 0 spiro atoms. The molecular weight excluding hydrogens is 541 g/mol. The normalized spacial score (nSPS) is 14.4. The van der Waals surface area contributed by atoms with Crippen molar-refractivity contribution in [2.45, 2.75) is 31.6 Å². The van der Waals surface area contributed by atoms with Crippen LogP contribution in [0.2, 0.25) is 0 Å². The Morgan fingerprint density at radius 3 is 1.62 bits per heavy atom. The lowest BCUT2D eigenvalue weighted by Crippen LogP contribution is -2.49. The van der Waals surface area contributed by atoms with Crippen molar-refractivity contribution in [1.82, 2.24) is 4.90 Å². The number of Topliss-reactive ketones (excluding diaryl/α,β-unsaturated/α-hetero) is 1. The number of rotatable bonds is 7. The number of alkyl halides is 6. The number of hydrogen-bond acceptors (Lipinski definition) is 3. The molecule has 1 aliphatic heterocycles. The van der Waals surface area contributed by atoms with Crippen molar-refractivity contribution in [3.05, 3.63) is 100 Å². The van der Waals surface area contributed by atoms with Gasteiger partial charge in [0.05, 0.1) is 17.5 Å². The monoisotopic (exact) mass is 566 g/mol. The van der Waals surface area contributed by atoms with Crippen molar-refractivity contribution in [1.29, 1.82) is 0 Å². The van der Waals surface area contributed by atoms with E-state index in [0.29, 0.717) is 43.9 Å². The van der Waals surface area contributed by atoms with Crippen molar-refractivity contribution in [3.63, 3.8) is 0 Å². The van der Waals surface area contributed by atoms with E-state index in [1.54, 1.807) is 41.3 Å². The number of anilines is 1. The Balaban J connectivity index is 1.32. The molecule has 1 heterocycles. The van der Waals surface area contributed by atoms with E-state index in [1.165, 1.54) is 12.1 Å². The van der Waals surface area contributed by atoms with Crippen molar-refractivity contribution in [2.24, 2.45) is 0 Å². The lowest BCUT2D eigenvalue weighted by atomic mass is 9.98. The lowest BCUT2D eigenvalue weighted by Gasteiger charge is -2.36. The summed E-state index contributed by atoms with van der Waals surface area (Å²) in [6.07, 6.45) is -10.5. The fraction of sp³-hybridized carbons (Fsp3) is 0.310. The molecule has 1 aliphatic rings. The largest absolute Gasteiger partial charge is 0.416 e. The molecule has 4 rings (SSSR count). The van der Waals surface area contributed by atoms with Crippen LogP contribution in [0.15, 0.2) is 66.7 Å². The molecule has 40 heavy (non-hydrogen) atoms. The number of halogens is 7. The van der Waals surface area contributed by atoms with E-state index >= 15 is 0 Å². The van der Waals surface area contributed by atoms with Crippen LogP contribution in [-0.4, -0.2) is 42.8 Å². The van der Waals surface area contributed by atoms with E-state index in [9.17, 15) is 40.3 Å². The maximum absolute atomic E-state index is 13.1. The van der Waals surface area contributed by atoms with E-state index in [4.69, 9.17) is 0 Å². The molecule has 0 aromatic heterocycles. The molecule has 0 unspecified atom stereocenters. The zero-order chi connectivity index (χ0) is 29.1. The Hall–Kier alpha value is -3.89. The molecule has 0 bridgehead atoms. The standard InChI is InChI=1S/C29H25F7N2O2/c30-24-5-1-20(2-6-24)17-27(40)38-11-9-37(10-12-38)25-7-3-19(4-8-25)15-26(39)16-21-13-22(28(31,32)33)18-23(14-21)29(34,35)36/h1-8,13-14,18H,9-12,15-17H2. The Morgan fingerprint density at radius 2 is 1.10 bits per heavy atom. The number of nitrogens with zero attached hydrogens (tertiary/aromatic N) is 2. The molecule has 1 saturated heterocycles. The first-order valence-electron chi connectivity index (χ1n) is 12.4. The number of piperazine rings is 1. The number of ketones is 1. The van der Waals surface area contributed by atoms with Crippen molar-refractivity contribution < 1.29 is 40.3 Å². The predicted octanol–water partition coefficient (Wildman–Crippen LogP) is 6.11. The quantitative estimate of drug-likeness (QED) is 0.324. The molecule has 0 radical (unpaired) electrons. The topological polar surface area (TPSA) is 40.6 Å². The highest BCUT2D eigenvalue weighted by Crippen LogP contribution is 2.36. The number of hydrogen-bond donors (Lipinski definition) is 0.